The van der Waals surface area contributed by atoms with Gasteiger partial charge in [-0.3, -0.25) is 9.69 Å². The molecule has 0 atom stereocenters. The van der Waals surface area contributed by atoms with Crippen molar-refractivity contribution in [2.45, 2.75) is 48.5 Å². The van der Waals surface area contributed by atoms with Crippen LogP contribution in [-0.2, 0) is 4.79 Å². The maximum Gasteiger partial charge on any atom is 0.317 e. The van der Waals surface area contributed by atoms with Crippen LogP contribution in [0.2, 0.25) is 0 Å². The Morgan fingerprint density at radius 1 is 1.00 bits per heavy atom. The van der Waals surface area contributed by atoms with Gasteiger partial charge in [-0.15, -0.1) is 0 Å². The first kappa shape index (κ1) is 22.2. The van der Waals surface area contributed by atoms with Crippen LogP contribution < -0.4 is 5.32 Å². The summed E-state index contributed by atoms with van der Waals surface area (Å²) in [4.78, 5) is 27.1. The normalized spacial score (nSPS) is 14.6. The van der Waals surface area contributed by atoms with Crippen molar-refractivity contribution in [1.29, 1.82) is 0 Å². The van der Waals surface area contributed by atoms with Gasteiger partial charge in [-0.25, -0.2) is 4.79 Å². The summed E-state index contributed by atoms with van der Waals surface area (Å²) < 4.78 is 0. The third-order valence-corrected chi connectivity index (χ3v) is 3.01. The van der Waals surface area contributed by atoms with Crippen molar-refractivity contribution in [3.63, 3.8) is 0 Å². The second-order valence-corrected chi connectivity index (χ2v) is 4.72. The van der Waals surface area contributed by atoms with Gasteiger partial charge in [-0.2, -0.15) is 0 Å². The molecule has 0 aliphatic carbocycles. The fraction of sp³-hybridized carbons (Fsp3) is 0.875. The van der Waals surface area contributed by atoms with Crippen molar-refractivity contribution >= 4 is 11.8 Å². The Morgan fingerprint density at radius 3 is 1.86 bits per heavy atom. The van der Waals surface area contributed by atoms with Crippen LogP contribution in [0.1, 0.15) is 48.5 Å². The van der Waals surface area contributed by atoms with Gasteiger partial charge in [-0.1, -0.05) is 41.5 Å². The molecule has 1 aliphatic rings. The second kappa shape index (κ2) is 13.9. The number of nitrogens with zero attached hydrogens (tertiary/aromatic N) is 2. The predicted molar refractivity (Wildman–Crippen MR) is 89.6 cm³/mol. The summed E-state index contributed by atoms with van der Waals surface area (Å²) in [6.07, 6.45) is 0. The molecule has 1 rings (SSSR count). The molecule has 126 valence electrons. The van der Waals surface area contributed by atoms with E-state index in [1.807, 2.05) is 48.5 Å². The van der Waals surface area contributed by atoms with E-state index < -0.39 is 0 Å². The average Bonchev–Trinajstić information content (AvgIpc) is 2.52. The van der Waals surface area contributed by atoms with E-state index in [0.29, 0.717) is 26.2 Å². The Bertz CT molecular complexity index is 273. The zero-order chi connectivity index (χ0) is 16.8. The summed E-state index contributed by atoms with van der Waals surface area (Å²) in [5.74, 6) is 0.368. The molecule has 21 heavy (non-hydrogen) atoms. The van der Waals surface area contributed by atoms with Crippen LogP contribution in [0.5, 0.6) is 0 Å². The van der Waals surface area contributed by atoms with Crippen molar-refractivity contribution in [1.82, 2.24) is 15.1 Å². The van der Waals surface area contributed by atoms with Crippen LogP contribution >= 0.6 is 0 Å². The highest BCUT2D eigenvalue weighted by Gasteiger charge is 2.22. The quantitative estimate of drug-likeness (QED) is 0.868. The highest BCUT2D eigenvalue weighted by atomic mass is 16.2. The molecular formula is C16H35N3O2. The highest BCUT2D eigenvalue weighted by Crippen LogP contribution is 2.04. The first-order chi connectivity index (χ1) is 10.0. The molecule has 1 heterocycles. The molecule has 2 amide bonds. The van der Waals surface area contributed by atoms with Crippen molar-refractivity contribution in [3.05, 3.63) is 0 Å². The summed E-state index contributed by atoms with van der Waals surface area (Å²) in [5, 5.41) is 2.79. The van der Waals surface area contributed by atoms with Crippen LogP contribution in [0, 0.1) is 5.92 Å². The number of nitrogens with one attached hydrogen (secondary N) is 1. The largest absolute Gasteiger partial charge is 0.338 e. The van der Waals surface area contributed by atoms with Gasteiger partial charge in [0.15, 0.2) is 0 Å². The maximum absolute atomic E-state index is 11.6. The molecule has 0 spiro atoms. The number of carbonyl (C=O) groups is 2. The first-order valence-electron chi connectivity index (χ1n) is 8.32. The number of carbonyl (C=O) groups excluding carboxylic acids is 2. The number of rotatable bonds is 4. The molecule has 0 unspecified atom stereocenters. The second-order valence-electron chi connectivity index (χ2n) is 4.72. The molecule has 1 saturated heterocycles. The monoisotopic (exact) mass is 301 g/mol. The number of ketones is 1. The fourth-order valence-electron chi connectivity index (χ4n) is 1.78. The molecule has 1 fully saturated rings. The molecule has 1 aliphatic heterocycles. The molecule has 1 N–H and O–H groups in total. The van der Waals surface area contributed by atoms with E-state index in [0.717, 1.165) is 13.1 Å². The lowest BCUT2D eigenvalue weighted by Crippen LogP contribution is -2.52. The van der Waals surface area contributed by atoms with E-state index in [1.54, 1.807) is 4.90 Å². The zero-order valence-electron chi connectivity index (χ0n) is 15.0. The highest BCUT2D eigenvalue weighted by molar-refractivity contribution is 5.82. The van der Waals surface area contributed by atoms with E-state index in [9.17, 15) is 9.59 Å². The summed E-state index contributed by atoms with van der Waals surface area (Å²) in [6, 6.07) is 0.00216. The van der Waals surface area contributed by atoms with Crippen LogP contribution in [0.15, 0.2) is 0 Å². The number of hydrogen-bond donors (Lipinski definition) is 1. The van der Waals surface area contributed by atoms with E-state index in [2.05, 4.69) is 10.2 Å². The lowest BCUT2D eigenvalue weighted by molar-refractivity contribution is -0.123. The number of amides is 2. The smallest absolute Gasteiger partial charge is 0.317 e. The van der Waals surface area contributed by atoms with Crippen LogP contribution in [0.3, 0.4) is 0 Å². The first-order valence-corrected chi connectivity index (χ1v) is 8.32. The molecule has 0 aromatic rings. The van der Waals surface area contributed by atoms with Gasteiger partial charge in [-0.05, 0) is 6.92 Å². The van der Waals surface area contributed by atoms with Crippen molar-refractivity contribution < 1.29 is 9.59 Å². The van der Waals surface area contributed by atoms with Gasteiger partial charge in [0, 0.05) is 38.6 Å². The van der Waals surface area contributed by atoms with Crippen molar-refractivity contribution in [2.75, 3.05) is 39.3 Å². The molecule has 0 aromatic heterocycles. The summed E-state index contributed by atoms with van der Waals surface area (Å²) in [5.41, 5.74) is 0. The van der Waals surface area contributed by atoms with Gasteiger partial charge in [0.1, 0.15) is 5.78 Å². The Balaban J connectivity index is 0. The number of hydrogen-bond acceptors (Lipinski definition) is 3. The SMILES string of the molecule is CC.CC.CCNC(=O)N1CCN(CC(=O)C(C)C)CC1. The predicted octanol–water partition coefficient (Wildman–Crippen LogP) is 2.61. The molecule has 5 nitrogen and oxygen atoms in total. The molecule has 5 heteroatoms. The number of urea groups is 1. The van der Waals surface area contributed by atoms with Gasteiger partial charge in [0.2, 0.25) is 0 Å². The summed E-state index contributed by atoms with van der Waals surface area (Å²) >= 11 is 0. The van der Waals surface area contributed by atoms with Crippen LogP contribution in [-0.4, -0.2) is 60.9 Å². The molecule has 0 saturated carbocycles. The fourth-order valence-corrected chi connectivity index (χ4v) is 1.78. The Hall–Kier alpha value is -1.10. The minimum atomic E-state index is 0.00216. The average molecular weight is 301 g/mol. The summed E-state index contributed by atoms with van der Waals surface area (Å²) in [7, 11) is 0. The Morgan fingerprint density at radius 2 is 1.48 bits per heavy atom. The molecular weight excluding hydrogens is 266 g/mol. The zero-order valence-corrected chi connectivity index (χ0v) is 15.0. The number of piperazine rings is 1. The van der Waals surface area contributed by atoms with E-state index in [4.69, 9.17) is 0 Å². The van der Waals surface area contributed by atoms with Gasteiger partial charge >= 0.3 is 6.03 Å². The van der Waals surface area contributed by atoms with Gasteiger partial charge in [0.25, 0.3) is 0 Å². The Kier molecular flexibility index (Phi) is 14.6. The molecule has 0 bridgehead atoms. The van der Waals surface area contributed by atoms with E-state index in [-0.39, 0.29) is 17.7 Å². The maximum atomic E-state index is 11.6. The molecule has 0 aromatic carbocycles. The summed E-state index contributed by atoms with van der Waals surface area (Å²) in [6.45, 7) is 17.9. The van der Waals surface area contributed by atoms with E-state index >= 15 is 0 Å². The van der Waals surface area contributed by atoms with Gasteiger partial charge < -0.3 is 10.2 Å². The third-order valence-electron chi connectivity index (χ3n) is 3.01. The minimum absolute atomic E-state index is 0.00216. The van der Waals surface area contributed by atoms with Crippen molar-refractivity contribution in [3.8, 4) is 0 Å². The standard InChI is InChI=1S/C12H23N3O2.2C2H6/c1-4-13-12(17)15-7-5-14(6-8-15)9-11(16)10(2)3;2*1-2/h10H,4-9H2,1-3H3,(H,13,17);2*1-2H3. The lowest BCUT2D eigenvalue weighted by Gasteiger charge is -2.34. The Labute approximate surface area is 131 Å². The minimum Gasteiger partial charge on any atom is -0.338 e. The lowest BCUT2D eigenvalue weighted by atomic mass is 10.1. The van der Waals surface area contributed by atoms with Crippen molar-refractivity contribution in [2.24, 2.45) is 5.92 Å². The molecule has 0 radical (unpaired) electrons. The van der Waals surface area contributed by atoms with E-state index in [1.165, 1.54) is 0 Å². The van der Waals surface area contributed by atoms with Crippen LogP contribution in [0.25, 0.3) is 0 Å². The number of Topliss-reactive ketones (excluding diaryl/α,β-unsaturated/α-hetero) is 1. The third kappa shape index (κ3) is 9.45. The topological polar surface area (TPSA) is 52.7 Å². The van der Waals surface area contributed by atoms with Gasteiger partial charge in [0.05, 0.1) is 6.54 Å². The van der Waals surface area contributed by atoms with Crippen LogP contribution in [0.4, 0.5) is 4.79 Å².